The molecule has 66 valence electrons. The molecule has 0 spiro atoms. The van der Waals surface area contributed by atoms with Gasteiger partial charge in [-0.25, -0.2) is 0 Å². The van der Waals surface area contributed by atoms with Crippen LogP contribution in [0.3, 0.4) is 0 Å². The number of carbonyl (C=O) groups excluding carboxylic acids is 2. The zero-order valence-corrected chi connectivity index (χ0v) is 7.55. The largest absolute Gasteiger partial charge is 0.390 e. The topological polar surface area (TPSA) is 54.4 Å². The zero-order valence-electron chi connectivity index (χ0n) is 7.55. The van der Waals surface area contributed by atoms with Gasteiger partial charge in [-0.2, -0.15) is 9.59 Å². The van der Waals surface area contributed by atoms with Gasteiger partial charge in [-0.3, -0.25) is 0 Å². The van der Waals surface area contributed by atoms with Crippen LogP contribution in [0.1, 0.15) is 34.1 Å². The summed E-state index contributed by atoms with van der Waals surface area (Å²) in [5.74, 6) is 0.368. The minimum absolute atomic E-state index is 0.250. The highest BCUT2D eigenvalue weighted by Crippen LogP contribution is 2.18. The summed E-state index contributed by atoms with van der Waals surface area (Å²) < 4.78 is 0. The SMILES string of the molecule is CCC(C)(O)C(C)C.O=C=O. The molecule has 3 nitrogen and oxygen atoms in total. The molecule has 0 aromatic heterocycles. The molecule has 0 fully saturated rings. The molecule has 0 aromatic carbocycles. The van der Waals surface area contributed by atoms with Gasteiger partial charge in [0.05, 0.1) is 5.60 Å². The molecule has 0 saturated heterocycles. The molecule has 11 heavy (non-hydrogen) atoms. The Morgan fingerprint density at radius 1 is 1.45 bits per heavy atom. The monoisotopic (exact) mass is 160 g/mol. The highest BCUT2D eigenvalue weighted by atomic mass is 16.3. The van der Waals surface area contributed by atoms with Crippen molar-refractivity contribution in [2.24, 2.45) is 5.92 Å². The lowest BCUT2D eigenvalue weighted by Gasteiger charge is -2.25. The molecular formula is C8H16O3. The van der Waals surface area contributed by atoms with Crippen LogP contribution in [0.4, 0.5) is 0 Å². The first-order valence-electron chi connectivity index (χ1n) is 3.64. The van der Waals surface area contributed by atoms with Crippen LogP contribution in [0.5, 0.6) is 0 Å². The van der Waals surface area contributed by atoms with Crippen molar-refractivity contribution >= 4 is 6.15 Å². The first-order valence-corrected chi connectivity index (χ1v) is 3.64. The molecule has 0 aliphatic rings. The minimum Gasteiger partial charge on any atom is -0.390 e. The fourth-order valence-electron chi connectivity index (χ4n) is 0.408. The molecule has 1 atom stereocenters. The lowest BCUT2D eigenvalue weighted by Crippen LogP contribution is -2.29. The molecule has 0 amide bonds. The van der Waals surface area contributed by atoms with E-state index >= 15 is 0 Å². The molecule has 3 heteroatoms. The second-order valence-corrected chi connectivity index (χ2v) is 2.95. The van der Waals surface area contributed by atoms with E-state index in [0.29, 0.717) is 5.92 Å². The van der Waals surface area contributed by atoms with Crippen LogP contribution in [-0.2, 0) is 9.59 Å². The summed E-state index contributed by atoms with van der Waals surface area (Å²) in [7, 11) is 0. The minimum atomic E-state index is -0.458. The molecule has 0 aromatic rings. The van der Waals surface area contributed by atoms with Crippen LogP contribution in [-0.4, -0.2) is 16.9 Å². The summed E-state index contributed by atoms with van der Waals surface area (Å²) in [6.45, 7) is 7.94. The predicted octanol–water partition coefficient (Wildman–Crippen LogP) is 1.22. The zero-order chi connectivity index (χ0) is 9.49. The normalized spacial score (nSPS) is 14.4. The van der Waals surface area contributed by atoms with Gasteiger partial charge in [0.25, 0.3) is 0 Å². The average molecular weight is 160 g/mol. The van der Waals surface area contributed by atoms with Crippen LogP contribution in [0.2, 0.25) is 0 Å². The van der Waals surface area contributed by atoms with Gasteiger partial charge in [-0.1, -0.05) is 20.8 Å². The van der Waals surface area contributed by atoms with E-state index in [-0.39, 0.29) is 6.15 Å². The predicted molar refractivity (Wildman–Crippen MR) is 40.8 cm³/mol. The lowest BCUT2D eigenvalue weighted by atomic mass is 9.90. The van der Waals surface area contributed by atoms with Crippen molar-refractivity contribution in [3.05, 3.63) is 0 Å². The Morgan fingerprint density at radius 3 is 1.73 bits per heavy atom. The maximum absolute atomic E-state index is 9.40. The van der Waals surface area contributed by atoms with Crippen LogP contribution in [0.25, 0.3) is 0 Å². The van der Waals surface area contributed by atoms with Crippen molar-refractivity contribution in [1.29, 1.82) is 0 Å². The molecule has 0 heterocycles. The first-order chi connectivity index (χ1) is 4.92. The van der Waals surface area contributed by atoms with Crippen molar-refractivity contribution in [3.8, 4) is 0 Å². The van der Waals surface area contributed by atoms with Gasteiger partial charge in [-0.15, -0.1) is 0 Å². The van der Waals surface area contributed by atoms with E-state index in [4.69, 9.17) is 9.59 Å². The maximum atomic E-state index is 9.40. The third-order valence-corrected chi connectivity index (χ3v) is 1.96. The molecule has 0 radical (unpaired) electrons. The van der Waals surface area contributed by atoms with E-state index in [1.165, 1.54) is 0 Å². The second-order valence-electron chi connectivity index (χ2n) is 2.95. The van der Waals surface area contributed by atoms with Gasteiger partial charge in [0, 0.05) is 0 Å². The van der Waals surface area contributed by atoms with Crippen LogP contribution in [0.15, 0.2) is 0 Å². The fourth-order valence-corrected chi connectivity index (χ4v) is 0.408. The van der Waals surface area contributed by atoms with Gasteiger partial charge in [0.2, 0.25) is 0 Å². The Labute approximate surface area is 67.4 Å². The highest BCUT2D eigenvalue weighted by Gasteiger charge is 2.21. The quantitative estimate of drug-likeness (QED) is 0.660. The first kappa shape index (κ1) is 13.0. The average Bonchev–Trinajstić information content (AvgIpc) is 1.89. The van der Waals surface area contributed by atoms with E-state index in [0.717, 1.165) is 6.42 Å². The molecule has 1 N–H and O–H groups in total. The second kappa shape index (κ2) is 6.08. The molecule has 0 aliphatic heterocycles. The standard InChI is InChI=1S/C7H16O.CO2/c1-5-7(4,8)6(2)3;2-1-3/h6,8H,5H2,1-4H3;. The van der Waals surface area contributed by atoms with Gasteiger partial charge in [-0.05, 0) is 19.3 Å². The highest BCUT2D eigenvalue weighted by molar-refractivity contribution is 5.20. The van der Waals surface area contributed by atoms with Gasteiger partial charge < -0.3 is 5.11 Å². The summed E-state index contributed by atoms with van der Waals surface area (Å²) in [4.78, 5) is 16.2. The number of hydrogen-bond donors (Lipinski definition) is 1. The Morgan fingerprint density at radius 2 is 1.73 bits per heavy atom. The summed E-state index contributed by atoms with van der Waals surface area (Å²) in [6.07, 6.45) is 1.09. The Balaban J connectivity index is 0. The Hall–Kier alpha value is -0.660. The van der Waals surface area contributed by atoms with Crippen LogP contribution in [0, 0.1) is 5.92 Å². The van der Waals surface area contributed by atoms with Gasteiger partial charge >= 0.3 is 6.15 Å². The fraction of sp³-hybridized carbons (Fsp3) is 0.875. The van der Waals surface area contributed by atoms with Crippen molar-refractivity contribution in [3.63, 3.8) is 0 Å². The van der Waals surface area contributed by atoms with E-state index in [9.17, 15) is 5.11 Å². The van der Waals surface area contributed by atoms with E-state index in [1.54, 1.807) is 0 Å². The number of rotatable bonds is 2. The summed E-state index contributed by atoms with van der Waals surface area (Å²) in [6, 6.07) is 0. The van der Waals surface area contributed by atoms with Crippen molar-refractivity contribution in [2.45, 2.75) is 39.7 Å². The summed E-state index contributed by atoms with van der Waals surface area (Å²) in [5.41, 5.74) is -0.458. The molecule has 1 unspecified atom stereocenters. The maximum Gasteiger partial charge on any atom is 0.373 e. The number of hydrogen-bond acceptors (Lipinski definition) is 3. The lowest BCUT2D eigenvalue weighted by molar-refractivity contribution is -0.191. The molecule has 0 aliphatic carbocycles. The van der Waals surface area contributed by atoms with Crippen molar-refractivity contribution in [1.82, 2.24) is 0 Å². The van der Waals surface area contributed by atoms with Gasteiger partial charge in [0.15, 0.2) is 0 Å². The Kier molecular flexibility index (Phi) is 7.16. The van der Waals surface area contributed by atoms with Gasteiger partial charge in [0.1, 0.15) is 0 Å². The van der Waals surface area contributed by atoms with Crippen molar-refractivity contribution < 1.29 is 14.7 Å². The molecule has 0 rings (SSSR count). The molecule has 0 saturated carbocycles. The third kappa shape index (κ3) is 7.23. The smallest absolute Gasteiger partial charge is 0.373 e. The van der Waals surface area contributed by atoms with Crippen LogP contribution < -0.4 is 0 Å². The van der Waals surface area contributed by atoms with Crippen LogP contribution >= 0.6 is 0 Å². The van der Waals surface area contributed by atoms with E-state index in [2.05, 4.69) is 0 Å². The molecule has 0 bridgehead atoms. The van der Waals surface area contributed by atoms with E-state index in [1.807, 2.05) is 27.7 Å². The Bertz CT molecular complexity index is 121. The third-order valence-electron chi connectivity index (χ3n) is 1.96. The van der Waals surface area contributed by atoms with E-state index < -0.39 is 5.60 Å². The summed E-state index contributed by atoms with van der Waals surface area (Å²) in [5, 5.41) is 9.40. The number of aliphatic hydroxyl groups is 1. The molecular weight excluding hydrogens is 144 g/mol. The summed E-state index contributed by atoms with van der Waals surface area (Å²) >= 11 is 0. The van der Waals surface area contributed by atoms with Crippen molar-refractivity contribution in [2.75, 3.05) is 0 Å².